The minimum Gasteiger partial charge on any atom is -0.309 e. The monoisotopic (exact) mass is 241 g/mol. The van der Waals surface area contributed by atoms with E-state index in [1.165, 1.54) is 17.7 Å². The van der Waals surface area contributed by atoms with Crippen molar-refractivity contribution in [2.45, 2.75) is 31.2 Å². The first-order valence-electron chi connectivity index (χ1n) is 5.33. The van der Waals surface area contributed by atoms with E-state index in [-0.39, 0.29) is 0 Å². The normalized spacial score (nSPS) is 25.7. The molecule has 1 nitrogen and oxygen atoms in total. The maximum Gasteiger partial charge on any atom is 0.0409 e. The molecule has 0 saturated carbocycles. The zero-order valence-corrected chi connectivity index (χ0v) is 10.4. The Morgan fingerprint density at radius 3 is 3.07 bits per heavy atom. The molecular formula is C12H16ClNS. The first kappa shape index (κ1) is 11.3. The Labute approximate surface area is 101 Å². The van der Waals surface area contributed by atoms with Crippen molar-refractivity contribution in [3.63, 3.8) is 0 Å². The molecule has 1 aliphatic heterocycles. The molecular weight excluding hydrogens is 226 g/mol. The van der Waals surface area contributed by atoms with E-state index in [0.29, 0.717) is 6.04 Å². The summed E-state index contributed by atoms with van der Waals surface area (Å²) in [5.74, 6) is 1.24. The molecule has 0 bridgehead atoms. The van der Waals surface area contributed by atoms with Crippen LogP contribution in [0.25, 0.3) is 0 Å². The van der Waals surface area contributed by atoms with Crippen LogP contribution in [0.5, 0.6) is 0 Å². The fraction of sp³-hybridized carbons (Fsp3) is 0.500. The smallest absolute Gasteiger partial charge is 0.0409 e. The molecule has 1 aromatic carbocycles. The fourth-order valence-electron chi connectivity index (χ4n) is 1.87. The molecule has 0 radical (unpaired) electrons. The Bertz CT molecular complexity index is 329. The highest BCUT2D eigenvalue weighted by Crippen LogP contribution is 2.26. The van der Waals surface area contributed by atoms with Crippen molar-refractivity contribution in [2.24, 2.45) is 0 Å². The molecule has 0 amide bonds. The highest BCUT2D eigenvalue weighted by molar-refractivity contribution is 8.00. The third-order valence-corrected chi connectivity index (χ3v) is 4.27. The number of hydrogen-bond donors (Lipinski definition) is 1. The molecule has 2 unspecified atom stereocenters. The number of benzene rings is 1. The SMILES string of the molecule is CC1CC(NCc2cccc(Cl)c2)CS1. The molecule has 1 heterocycles. The third kappa shape index (κ3) is 3.40. The van der Waals surface area contributed by atoms with Gasteiger partial charge in [-0.15, -0.1) is 0 Å². The molecule has 1 aromatic rings. The molecule has 1 saturated heterocycles. The number of nitrogens with one attached hydrogen (secondary N) is 1. The van der Waals surface area contributed by atoms with Crippen LogP contribution in [0, 0.1) is 0 Å². The molecule has 82 valence electrons. The lowest BCUT2D eigenvalue weighted by atomic mass is 10.1. The van der Waals surface area contributed by atoms with Gasteiger partial charge in [0.2, 0.25) is 0 Å². The molecule has 1 N–H and O–H groups in total. The molecule has 1 fully saturated rings. The van der Waals surface area contributed by atoms with Gasteiger partial charge in [-0.2, -0.15) is 11.8 Å². The molecule has 3 heteroatoms. The van der Waals surface area contributed by atoms with Crippen LogP contribution in [0.2, 0.25) is 5.02 Å². The molecule has 0 aliphatic carbocycles. The predicted molar refractivity (Wildman–Crippen MR) is 68.6 cm³/mol. The van der Waals surface area contributed by atoms with Crippen molar-refractivity contribution >= 4 is 23.4 Å². The fourth-order valence-corrected chi connectivity index (χ4v) is 3.26. The van der Waals surface area contributed by atoms with E-state index in [1.54, 1.807) is 0 Å². The Morgan fingerprint density at radius 1 is 1.53 bits per heavy atom. The Kier molecular flexibility index (Phi) is 3.95. The lowest BCUT2D eigenvalue weighted by molar-refractivity contribution is 0.538. The number of rotatable bonds is 3. The minimum atomic E-state index is 0.670. The summed E-state index contributed by atoms with van der Waals surface area (Å²) in [4.78, 5) is 0. The quantitative estimate of drug-likeness (QED) is 0.872. The van der Waals surface area contributed by atoms with E-state index < -0.39 is 0 Å². The second-order valence-corrected chi connectivity index (χ2v) is 6.00. The van der Waals surface area contributed by atoms with Gasteiger partial charge >= 0.3 is 0 Å². The van der Waals surface area contributed by atoms with Crippen LogP contribution in [-0.2, 0) is 6.54 Å². The summed E-state index contributed by atoms with van der Waals surface area (Å²) in [5, 5.41) is 5.21. The topological polar surface area (TPSA) is 12.0 Å². The van der Waals surface area contributed by atoms with E-state index >= 15 is 0 Å². The summed E-state index contributed by atoms with van der Waals surface area (Å²) in [6, 6.07) is 8.73. The van der Waals surface area contributed by atoms with Crippen LogP contribution in [0.1, 0.15) is 18.9 Å². The maximum atomic E-state index is 5.93. The predicted octanol–water partition coefficient (Wildman–Crippen LogP) is 3.32. The Hall–Kier alpha value is -0.180. The zero-order valence-electron chi connectivity index (χ0n) is 8.87. The van der Waals surface area contributed by atoms with Gasteiger partial charge in [-0.25, -0.2) is 0 Å². The summed E-state index contributed by atoms with van der Waals surface area (Å²) < 4.78 is 0. The standard InChI is InChI=1S/C12H16ClNS/c1-9-5-12(8-15-9)14-7-10-3-2-4-11(13)6-10/h2-4,6,9,12,14H,5,7-8H2,1H3. The van der Waals surface area contributed by atoms with Crippen LogP contribution < -0.4 is 5.32 Å². The van der Waals surface area contributed by atoms with Gasteiger partial charge in [0, 0.05) is 28.6 Å². The maximum absolute atomic E-state index is 5.93. The summed E-state index contributed by atoms with van der Waals surface area (Å²) in [6.07, 6.45) is 1.28. The highest BCUT2D eigenvalue weighted by Gasteiger charge is 2.20. The molecule has 15 heavy (non-hydrogen) atoms. The van der Waals surface area contributed by atoms with Gasteiger partial charge in [0.05, 0.1) is 0 Å². The van der Waals surface area contributed by atoms with Gasteiger partial charge in [0.25, 0.3) is 0 Å². The van der Waals surface area contributed by atoms with Gasteiger partial charge in [0.1, 0.15) is 0 Å². The summed E-state index contributed by atoms with van der Waals surface area (Å²) in [7, 11) is 0. The van der Waals surface area contributed by atoms with Gasteiger partial charge in [-0.1, -0.05) is 30.7 Å². The second-order valence-electron chi connectivity index (χ2n) is 4.09. The van der Waals surface area contributed by atoms with Crippen LogP contribution >= 0.6 is 23.4 Å². The Balaban J connectivity index is 1.83. The van der Waals surface area contributed by atoms with Crippen LogP contribution in [-0.4, -0.2) is 17.0 Å². The summed E-state index contributed by atoms with van der Waals surface area (Å²) in [6.45, 7) is 3.23. The van der Waals surface area contributed by atoms with E-state index in [0.717, 1.165) is 16.8 Å². The van der Waals surface area contributed by atoms with E-state index in [1.807, 2.05) is 18.2 Å². The number of hydrogen-bond acceptors (Lipinski definition) is 2. The number of halogens is 1. The van der Waals surface area contributed by atoms with E-state index in [4.69, 9.17) is 11.6 Å². The molecule has 0 spiro atoms. The largest absolute Gasteiger partial charge is 0.309 e. The van der Waals surface area contributed by atoms with Crippen molar-refractivity contribution in [2.75, 3.05) is 5.75 Å². The van der Waals surface area contributed by atoms with Crippen molar-refractivity contribution in [1.29, 1.82) is 0 Å². The van der Waals surface area contributed by atoms with Crippen LogP contribution in [0.4, 0.5) is 0 Å². The van der Waals surface area contributed by atoms with E-state index in [9.17, 15) is 0 Å². The first-order valence-corrected chi connectivity index (χ1v) is 6.76. The lowest BCUT2D eigenvalue weighted by Gasteiger charge is -2.11. The zero-order chi connectivity index (χ0) is 10.7. The summed E-state index contributed by atoms with van der Waals surface area (Å²) in [5.41, 5.74) is 1.27. The third-order valence-electron chi connectivity index (χ3n) is 2.68. The van der Waals surface area contributed by atoms with Crippen molar-refractivity contribution in [1.82, 2.24) is 5.32 Å². The van der Waals surface area contributed by atoms with Crippen LogP contribution in [0.3, 0.4) is 0 Å². The molecule has 2 rings (SSSR count). The number of thioether (sulfide) groups is 1. The first-order chi connectivity index (χ1) is 7.24. The van der Waals surface area contributed by atoms with Gasteiger partial charge in [-0.05, 0) is 24.1 Å². The lowest BCUT2D eigenvalue weighted by Crippen LogP contribution is -2.28. The second kappa shape index (κ2) is 5.24. The molecule has 1 aliphatic rings. The van der Waals surface area contributed by atoms with Gasteiger partial charge < -0.3 is 5.32 Å². The van der Waals surface area contributed by atoms with Crippen molar-refractivity contribution in [3.8, 4) is 0 Å². The molecule has 2 atom stereocenters. The summed E-state index contributed by atoms with van der Waals surface area (Å²) >= 11 is 7.99. The van der Waals surface area contributed by atoms with Gasteiger partial charge in [0.15, 0.2) is 0 Å². The van der Waals surface area contributed by atoms with Crippen LogP contribution in [0.15, 0.2) is 24.3 Å². The average Bonchev–Trinajstić information content (AvgIpc) is 2.62. The van der Waals surface area contributed by atoms with Crippen molar-refractivity contribution in [3.05, 3.63) is 34.9 Å². The Morgan fingerprint density at radius 2 is 2.40 bits per heavy atom. The highest BCUT2D eigenvalue weighted by atomic mass is 35.5. The minimum absolute atomic E-state index is 0.670. The van der Waals surface area contributed by atoms with Gasteiger partial charge in [-0.3, -0.25) is 0 Å². The molecule has 0 aromatic heterocycles. The average molecular weight is 242 g/mol. The van der Waals surface area contributed by atoms with E-state index in [2.05, 4.69) is 30.1 Å². The van der Waals surface area contributed by atoms with Crippen molar-refractivity contribution < 1.29 is 0 Å².